The maximum absolute atomic E-state index is 12.2. The Hall–Kier alpha value is -1.43. The van der Waals surface area contributed by atoms with Gasteiger partial charge in [0.15, 0.2) is 9.84 Å². The van der Waals surface area contributed by atoms with Crippen LogP contribution in [0.5, 0.6) is 0 Å². The van der Waals surface area contributed by atoms with Crippen LogP contribution < -0.4 is 0 Å². The first kappa shape index (κ1) is 20.6. The lowest BCUT2D eigenvalue weighted by Crippen LogP contribution is -2.06. The summed E-state index contributed by atoms with van der Waals surface area (Å²) in [5.41, 5.74) is -0.0899. The number of hydrogen-bond donors (Lipinski definition) is 0. The highest BCUT2D eigenvalue weighted by Crippen LogP contribution is 2.18. The van der Waals surface area contributed by atoms with Crippen LogP contribution in [0, 0.1) is 10.1 Å². The van der Waals surface area contributed by atoms with E-state index in [2.05, 4.69) is 6.92 Å². The van der Waals surface area contributed by atoms with Gasteiger partial charge in [0.2, 0.25) is 0 Å². The molecular formula is C18H29NO4S. The molecule has 0 fully saturated rings. The van der Waals surface area contributed by atoms with Crippen LogP contribution in [0.15, 0.2) is 29.2 Å². The average Bonchev–Trinajstić information content (AvgIpc) is 2.56. The Labute approximate surface area is 145 Å². The van der Waals surface area contributed by atoms with E-state index in [0.717, 1.165) is 12.8 Å². The second kappa shape index (κ2) is 11.2. The number of unbranched alkanes of at least 4 members (excludes halogenated alkanes) is 9. The van der Waals surface area contributed by atoms with Crippen molar-refractivity contribution in [3.8, 4) is 0 Å². The number of sulfone groups is 1. The number of non-ortho nitro benzene ring substituents is 1. The van der Waals surface area contributed by atoms with Crippen LogP contribution in [0.25, 0.3) is 0 Å². The molecule has 1 rings (SSSR count). The molecule has 0 heterocycles. The molecule has 0 aliphatic carbocycles. The molecule has 6 heteroatoms. The van der Waals surface area contributed by atoms with Gasteiger partial charge >= 0.3 is 0 Å². The largest absolute Gasteiger partial charge is 0.269 e. The first-order valence-corrected chi connectivity index (χ1v) is 10.6. The highest BCUT2D eigenvalue weighted by atomic mass is 32.2. The molecule has 1 aromatic rings. The van der Waals surface area contributed by atoms with Gasteiger partial charge in [-0.3, -0.25) is 10.1 Å². The van der Waals surface area contributed by atoms with Crippen molar-refractivity contribution in [2.24, 2.45) is 0 Å². The molecule has 136 valence electrons. The lowest BCUT2D eigenvalue weighted by atomic mass is 10.1. The zero-order valence-electron chi connectivity index (χ0n) is 14.6. The highest BCUT2D eigenvalue weighted by molar-refractivity contribution is 7.91. The summed E-state index contributed by atoms with van der Waals surface area (Å²) in [4.78, 5) is 10.2. The minimum Gasteiger partial charge on any atom is -0.258 e. The molecule has 0 spiro atoms. The quantitative estimate of drug-likeness (QED) is 0.274. The molecule has 0 N–H and O–H groups in total. The Morgan fingerprint density at radius 2 is 1.29 bits per heavy atom. The van der Waals surface area contributed by atoms with Crippen molar-refractivity contribution in [2.75, 3.05) is 5.75 Å². The number of rotatable bonds is 13. The summed E-state index contributed by atoms with van der Waals surface area (Å²) in [7, 11) is -3.33. The summed E-state index contributed by atoms with van der Waals surface area (Å²) in [5, 5.41) is 10.6. The van der Waals surface area contributed by atoms with E-state index in [4.69, 9.17) is 0 Å². The topological polar surface area (TPSA) is 77.3 Å². The fourth-order valence-corrected chi connectivity index (χ4v) is 4.04. The van der Waals surface area contributed by atoms with Crippen LogP contribution in [0.3, 0.4) is 0 Å². The van der Waals surface area contributed by atoms with Gasteiger partial charge in [0.05, 0.1) is 15.6 Å². The van der Waals surface area contributed by atoms with Crippen LogP contribution in [0.4, 0.5) is 5.69 Å². The van der Waals surface area contributed by atoms with E-state index in [0.29, 0.717) is 6.42 Å². The van der Waals surface area contributed by atoms with Crippen molar-refractivity contribution in [1.29, 1.82) is 0 Å². The lowest BCUT2D eigenvalue weighted by Gasteiger charge is -2.05. The van der Waals surface area contributed by atoms with Crippen molar-refractivity contribution in [3.05, 3.63) is 34.4 Å². The predicted molar refractivity (Wildman–Crippen MR) is 97.0 cm³/mol. The van der Waals surface area contributed by atoms with E-state index in [1.165, 1.54) is 69.2 Å². The second-order valence-electron chi connectivity index (χ2n) is 6.25. The molecule has 24 heavy (non-hydrogen) atoms. The molecule has 0 radical (unpaired) electrons. The summed E-state index contributed by atoms with van der Waals surface area (Å²) in [6.45, 7) is 2.21. The van der Waals surface area contributed by atoms with Crippen molar-refractivity contribution < 1.29 is 13.3 Å². The van der Waals surface area contributed by atoms with Gasteiger partial charge in [-0.05, 0) is 18.6 Å². The standard InChI is InChI=1S/C18H29NO4S/c1-2-3-4-5-6-7-8-9-10-11-16-24(22,23)18-14-12-17(13-15-18)19(20)21/h12-15H,2-11,16H2,1H3. The van der Waals surface area contributed by atoms with Gasteiger partial charge in [0.1, 0.15) is 0 Å². The highest BCUT2D eigenvalue weighted by Gasteiger charge is 2.15. The van der Waals surface area contributed by atoms with Gasteiger partial charge in [-0.15, -0.1) is 0 Å². The average molecular weight is 356 g/mol. The molecule has 0 aliphatic rings. The number of nitro groups is 1. The van der Waals surface area contributed by atoms with Crippen molar-refractivity contribution in [3.63, 3.8) is 0 Å². The van der Waals surface area contributed by atoms with Crippen LogP contribution in [-0.4, -0.2) is 19.1 Å². The van der Waals surface area contributed by atoms with Crippen LogP contribution in [-0.2, 0) is 9.84 Å². The first-order chi connectivity index (χ1) is 11.5. The Kier molecular flexibility index (Phi) is 9.60. The van der Waals surface area contributed by atoms with Gasteiger partial charge in [-0.2, -0.15) is 0 Å². The van der Waals surface area contributed by atoms with Crippen molar-refractivity contribution >= 4 is 15.5 Å². The molecule has 1 aromatic carbocycles. The molecule has 0 unspecified atom stereocenters. The van der Waals surface area contributed by atoms with E-state index >= 15 is 0 Å². The third-order valence-electron chi connectivity index (χ3n) is 4.17. The van der Waals surface area contributed by atoms with Gasteiger partial charge in [-0.1, -0.05) is 64.7 Å². The van der Waals surface area contributed by atoms with E-state index in [1.54, 1.807) is 0 Å². The molecule has 0 amide bonds. The lowest BCUT2D eigenvalue weighted by molar-refractivity contribution is -0.384. The van der Waals surface area contributed by atoms with Crippen LogP contribution in [0.2, 0.25) is 0 Å². The molecule has 5 nitrogen and oxygen atoms in total. The summed E-state index contributed by atoms with van der Waals surface area (Å²) < 4.78 is 24.4. The summed E-state index contributed by atoms with van der Waals surface area (Å²) >= 11 is 0. The van der Waals surface area contributed by atoms with Crippen LogP contribution in [0.1, 0.15) is 71.1 Å². The summed E-state index contributed by atoms with van der Waals surface area (Å²) in [6.07, 6.45) is 11.5. The molecule has 0 saturated heterocycles. The Bertz CT molecular complexity index is 582. The molecular weight excluding hydrogens is 326 g/mol. The molecule has 0 bridgehead atoms. The summed E-state index contributed by atoms with van der Waals surface area (Å²) in [6, 6.07) is 5.13. The minimum absolute atomic E-state index is 0.0899. The number of nitro benzene ring substituents is 1. The smallest absolute Gasteiger partial charge is 0.258 e. The van der Waals surface area contributed by atoms with E-state index in [1.807, 2.05) is 0 Å². The first-order valence-electron chi connectivity index (χ1n) is 8.94. The predicted octanol–water partition coefficient (Wildman–Crippen LogP) is 5.29. The second-order valence-corrected chi connectivity index (χ2v) is 8.36. The molecule has 0 aliphatic heterocycles. The van der Waals surface area contributed by atoms with Gasteiger partial charge in [0, 0.05) is 12.1 Å². The maximum atomic E-state index is 12.2. The molecule has 0 atom stereocenters. The maximum Gasteiger partial charge on any atom is 0.269 e. The SMILES string of the molecule is CCCCCCCCCCCCS(=O)(=O)c1ccc([N+](=O)[O-])cc1. The van der Waals surface area contributed by atoms with Crippen LogP contribution >= 0.6 is 0 Å². The van der Waals surface area contributed by atoms with Gasteiger partial charge in [0.25, 0.3) is 5.69 Å². The Balaban J connectivity index is 2.20. The Morgan fingerprint density at radius 1 is 0.833 bits per heavy atom. The number of benzene rings is 1. The monoisotopic (exact) mass is 355 g/mol. The van der Waals surface area contributed by atoms with Gasteiger partial charge < -0.3 is 0 Å². The third kappa shape index (κ3) is 7.90. The molecule has 0 saturated carbocycles. The Morgan fingerprint density at radius 3 is 1.75 bits per heavy atom. The minimum atomic E-state index is -3.33. The fourth-order valence-electron chi connectivity index (χ4n) is 2.67. The number of hydrogen-bond acceptors (Lipinski definition) is 4. The normalized spacial score (nSPS) is 11.5. The van der Waals surface area contributed by atoms with Crippen molar-refractivity contribution in [2.45, 2.75) is 76.0 Å². The number of nitrogens with zero attached hydrogens (tertiary/aromatic N) is 1. The van der Waals surface area contributed by atoms with E-state index in [9.17, 15) is 18.5 Å². The summed E-state index contributed by atoms with van der Waals surface area (Å²) in [5.74, 6) is 0.112. The zero-order valence-corrected chi connectivity index (χ0v) is 15.4. The molecule has 0 aromatic heterocycles. The van der Waals surface area contributed by atoms with E-state index in [-0.39, 0.29) is 16.3 Å². The van der Waals surface area contributed by atoms with Crippen molar-refractivity contribution in [1.82, 2.24) is 0 Å². The third-order valence-corrected chi connectivity index (χ3v) is 5.99. The van der Waals surface area contributed by atoms with Gasteiger partial charge in [-0.25, -0.2) is 8.42 Å². The zero-order chi connectivity index (χ0) is 17.8. The van der Waals surface area contributed by atoms with E-state index < -0.39 is 14.8 Å². The fraction of sp³-hybridized carbons (Fsp3) is 0.667.